The van der Waals surface area contributed by atoms with E-state index >= 15 is 0 Å². The van der Waals surface area contributed by atoms with E-state index in [9.17, 15) is 0 Å². The van der Waals surface area contributed by atoms with Crippen molar-refractivity contribution in [1.82, 2.24) is 0 Å². The highest BCUT2D eigenvalue weighted by atomic mass is 17.3. The number of ether oxygens (including phenoxy) is 3. The van der Waals surface area contributed by atoms with Crippen LogP contribution < -0.4 is 0 Å². The molecule has 0 aliphatic carbocycles. The Bertz CT molecular complexity index is 226. The quantitative estimate of drug-likeness (QED) is 0.274. The first-order valence-corrected chi connectivity index (χ1v) is 4.56. The molecule has 0 radical (unpaired) electrons. The van der Waals surface area contributed by atoms with Gasteiger partial charge in [0.1, 0.15) is 0 Å². The van der Waals surface area contributed by atoms with Crippen LogP contribution in [0.25, 0.3) is 0 Å². The number of rotatable bonds is 7. The lowest BCUT2D eigenvalue weighted by Gasteiger charge is -2.31. The van der Waals surface area contributed by atoms with Crippen LogP contribution in [0, 0.1) is 0 Å². The van der Waals surface area contributed by atoms with E-state index in [1.165, 1.54) is 28.4 Å². The lowest BCUT2D eigenvalue weighted by molar-refractivity contribution is -0.500. The third-order valence-electron chi connectivity index (χ3n) is 2.03. The average Bonchev–Trinajstić information content (AvgIpc) is 2.73. The Balaban J connectivity index is 2.73. The van der Waals surface area contributed by atoms with Crippen molar-refractivity contribution in [2.24, 2.45) is 0 Å². The minimum absolute atomic E-state index is 0.539. The molecule has 2 unspecified atom stereocenters. The van der Waals surface area contributed by atoms with Gasteiger partial charge in [-0.15, -0.1) is 0 Å². The number of methoxy groups -OCH3 is 2. The fraction of sp³-hybridized carbons (Fsp3) is 0.778. The third-order valence-corrected chi connectivity index (χ3v) is 2.03. The zero-order valence-electron chi connectivity index (χ0n) is 9.67. The summed E-state index contributed by atoms with van der Waals surface area (Å²) >= 11 is 0. The summed E-state index contributed by atoms with van der Waals surface area (Å²) in [6.07, 6.45) is 1.69. The first-order chi connectivity index (χ1) is 7.72. The van der Waals surface area contributed by atoms with Crippen molar-refractivity contribution in [3.05, 3.63) is 12.2 Å². The SMILES string of the molecule is COOC(OOC)C1(OC)C=CC(OC)O1. The molecule has 0 N–H and O–H groups in total. The van der Waals surface area contributed by atoms with Crippen molar-refractivity contribution in [1.29, 1.82) is 0 Å². The molecular formula is C9H16O7. The van der Waals surface area contributed by atoms with Gasteiger partial charge in [0, 0.05) is 14.2 Å². The molecule has 0 bridgehead atoms. The number of hydrogen-bond donors (Lipinski definition) is 0. The summed E-state index contributed by atoms with van der Waals surface area (Å²) in [6, 6.07) is 0. The standard InChI is InChI=1S/C9H16O7/c1-10-7-5-6-9(11-2,14-7)8(15-12-3)16-13-4/h5-8H,1-4H3. The van der Waals surface area contributed by atoms with Gasteiger partial charge in [-0.25, -0.2) is 9.78 Å². The van der Waals surface area contributed by atoms with E-state index in [0.29, 0.717) is 0 Å². The fourth-order valence-corrected chi connectivity index (χ4v) is 1.27. The van der Waals surface area contributed by atoms with Crippen LogP contribution in [0.1, 0.15) is 0 Å². The molecule has 0 aromatic carbocycles. The lowest BCUT2D eigenvalue weighted by atomic mass is 10.2. The molecule has 0 fully saturated rings. The molecule has 1 rings (SSSR count). The highest BCUT2D eigenvalue weighted by Gasteiger charge is 2.47. The maximum Gasteiger partial charge on any atom is 0.281 e. The Labute approximate surface area is 93.6 Å². The van der Waals surface area contributed by atoms with Crippen molar-refractivity contribution in [3.63, 3.8) is 0 Å². The summed E-state index contributed by atoms with van der Waals surface area (Å²) in [4.78, 5) is 18.7. The molecule has 1 aliphatic rings. The Kier molecular flexibility index (Phi) is 5.29. The zero-order chi connectivity index (χ0) is 12.0. The topological polar surface area (TPSA) is 64.6 Å². The second-order valence-corrected chi connectivity index (χ2v) is 2.86. The van der Waals surface area contributed by atoms with E-state index in [4.69, 9.17) is 24.0 Å². The summed E-state index contributed by atoms with van der Waals surface area (Å²) in [5.74, 6) is -1.27. The highest BCUT2D eigenvalue weighted by molar-refractivity contribution is 5.06. The van der Waals surface area contributed by atoms with Crippen molar-refractivity contribution in [2.75, 3.05) is 28.4 Å². The molecule has 0 amide bonds. The van der Waals surface area contributed by atoms with Crippen molar-refractivity contribution >= 4 is 0 Å². The van der Waals surface area contributed by atoms with Crippen LogP contribution in [0.4, 0.5) is 0 Å². The van der Waals surface area contributed by atoms with Gasteiger partial charge in [0.2, 0.25) is 5.79 Å². The van der Waals surface area contributed by atoms with Crippen LogP contribution in [-0.2, 0) is 33.8 Å². The Morgan fingerprint density at radius 2 is 1.75 bits per heavy atom. The number of hydrogen-bond acceptors (Lipinski definition) is 7. The van der Waals surface area contributed by atoms with Crippen molar-refractivity contribution in [3.8, 4) is 0 Å². The molecule has 7 heteroatoms. The normalized spacial score (nSPS) is 29.2. The van der Waals surface area contributed by atoms with Crippen LogP contribution in [-0.4, -0.2) is 46.8 Å². The Morgan fingerprint density at radius 1 is 1.12 bits per heavy atom. The molecule has 1 aliphatic heterocycles. The molecule has 0 spiro atoms. The molecule has 7 nitrogen and oxygen atoms in total. The van der Waals surface area contributed by atoms with E-state index in [2.05, 4.69) is 9.78 Å². The summed E-state index contributed by atoms with van der Waals surface area (Å²) < 4.78 is 15.6. The summed E-state index contributed by atoms with van der Waals surface area (Å²) in [6.45, 7) is 0. The molecule has 1 heterocycles. The van der Waals surface area contributed by atoms with Crippen LogP contribution in [0.3, 0.4) is 0 Å². The van der Waals surface area contributed by atoms with Gasteiger partial charge in [-0.3, -0.25) is 0 Å². The zero-order valence-corrected chi connectivity index (χ0v) is 9.67. The lowest BCUT2D eigenvalue weighted by Crippen LogP contribution is -2.47. The van der Waals surface area contributed by atoms with Crippen LogP contribution >= 0.6 is 0 Å². The monoisotopic (exact) mass is 236 g/mol. The fourth-order valence-electron chi connectivity index (χ4n) is 1.27. The molecule has 2 atom stereocenters. The molecule has 0 saturated carbocycles. The molecule has 94 valence electrons. The smallest absolute Gasteiger partial charge is 0.281 e. The molecule has 0 saturated heterocycles. The minimum Gasteiger partial charge on any atom is -0.352 e. The second kappa shape index (κ2) is 6.26. The minimum atomic E-state index is -1.27. The largest absolute Gasteiger partial charge is 0.352 e. The predicted octanol–water partition coefficient (Wildman–Crippen LogP) is 0.370. The predicted molar refractivity (Wildman–Crippen MR) is 50.7 cm³/mol. The molecule has 16 heavy (non-hydrogen) atoms. The van der Waals surface area contributed by atoms with E-state index in [1.54, 1.807) is 12.2 Å². The summed E-state index contributed by atoms with van der Waals surface area (Å²) in [5, 5.41) is 0. The van der Waals surface area contributed by atoms with E-state index in [0.717, 1.165) is 0 Å². The van der Waals surface area contributed by atoms with E-state index < -0.39 is 18.4 Å². The van der Waals surface area contributed by atoms with Gasteiger partial charge in [-0.1, -0.05) is 0 Å². The van der Waals surface area contributed by atoms with Gasteiger partial charge >= 0.3 is 0 Å². The second-order valence-electron chi connectivity index (χ2n) is 2.86. The maximum atomic E-state index is 5.45. The van der Waals surface area contributed by atoms with Gasteiger partial charge in [-0.05, 0) is 12.2 Å². The van der Waals surface area contributed by atoms with Gasteiger partial charge in [-0.2, -0.15) is 9.78 Å². The van der Waals surface area contributed by atoms with Gasteiger partial charge < -0.3 is 14.2 Å². The first-order valence-electron chi connectivity index (χ1n) is 4.56. The summed E-state index contributed by atoms with van der Waals surface area (Å²) in [7, 11) is 5.61. The maximum absolute atomic E-state index is 5.45. The van der Waals surface area contributed by atoms with Gasteiger partial charge in [0.05, 0.1) is 14.2 Å². The van der Waals surface area contributed by atoms with Crippen molar-refractivity contribution < 1.29 is 33.8 Å². The summed E-state index contributed by atoms with van der Waals surface area (Å²) in [5.41, 5.74) is 0. The van der Waals surface area contributed by atoms with Gasteiger partial charge in [0.25, 0.3) is 6.29 Å². The molecular weight excluding hydrogens is 220 g/mol. The molecule has 0 aromatic heterocycles. The van der Waals surface area contributed by atoms with E-state index in [-0.39, 0.29) is 0 Å². The van der Waals surface area contributed by atoms with Crippen LogP contribution in [0.5, 0.6) is 0 Å². The Hall–Kier alpha value is -0.540. The molecule has 0 aromatic rings. The van der Waals surface area contributed by atoms with Crippen molar-refractivity contribution in [2.45, 2.75) is 18.4 Å². The Morgan fingerprint density at radius 3 is 2.12 bits per heavy atom. The van der Waals surface area contributed by atoms with Crippen LogP contribution in [0.2, 0.25) is 0 Å². The third kappa shape index (κ3) is 2.77. The van der Waals surface area contributed by atoms with E-state index in [1.807, 2.05) is 0 Å². The highest BCUT2D eigenvalue weighted by Crippen LogP contribution is 2.30. The first kappa shape index (κ1) is 13.5. The average molecular weight is 236 g/mol. The van der Waals surface area contributed by atoms with Crippen LogP contribution in [0.15, 0.2) is 12.2 Å². The van der Waals surface area contributed by atoms with Gasteiger partial charge in [0.15, 0.2) is 6.29 Å².